The van der Waals surface area contributed by atoms with E-state index in [9.17, 15) is 24.3 Å². The molecule has 8 nitrogen and oxygen atoms in total. The van der Waals surface area contributed by atoms with Crippen molar-refractivity contribution in [2.75, 3.05) is 0 Å². The molecule has 0 radical (unpaired) electrons. The van der Waals surface area contributed by atoms with Gasteiger partial charge in [-0.15, -0.1) is 0 Å². The number of carbonyl (C=O) groups is 4. The number of carbonyl (C=O) groups excluding carboxylic acids is 3. The van der Waals surface area contributed by atoms with Crippen molar-refractivity contribution < 1.29 is 24.3 Å². The molecule has 0 aromatic heterocycles. The zero-order chi connectivity index (χ0) is 21.3. The van der Waals surface area contributed by atoms with Gasteiger partial charge in [0.15, 0.2) is 5.78 Å². The van der Waals surface area contributed by atoms with Crippen LogP contribution in [0.25, 0.3) is 0 Å². The second-order valence-electron chi connectivity index (χ2n) is 7.83. The molecule has 1 unspecified atom stereocenters. The van der Waals surface area contributed by atoms with Gasteiger partial charge in [-0.2, -0.15) is 0 Å². The van der Waals surface area contributed by atoms with Crippen LogP contribution in [0.15, 0.2) is 0 Å². The lowest BCUT2D eigenvalue weighted by molar-refractivity contribution is -0.140. The number of nitrogens with one attached hydrogen (secondary N) is 3. The smallest absolute Gasteiger partial charge is 0.320 e. The Morgan fingerprint density at radius 2 is 1.44 bits per heavy atom. The van der Waals surface area contributed by atoms with Crippen LogP contribution in [0.4, 0.5) is 0 Å². The number of carboxylic acid groups (broad SMARTS) is 1. The zero-order valence-electron chi connectivity index (χ0n) is 17.5. The summed E-state index contributed by atoms with van der Waals surface area (Å²) in [7, 11) is 0. The van der Waals surface area contributed by atoms with Crippen LogP contribution in [0.5, 0.6) is 0 Å². The Morgan fingerprint density at radius 1 is 0.889 bits per heavy atom. The Kier molecular flexibility index (Phi) is 10.8. The van der Waals surface area contributed by atoms with Crippen molar-refractivity contribution in [2.24, 2.45) is 11.8 Å². The molecule has 0 fully saturated rings. The van der Waals surface area contributed by atoms with Gasteiger partial charge in [0.1, 0.15) is 12.1 Å². The predicted molar refractivity (Wildman–Crippen MR) is 103 cm³/mol. The molecule has 0 spiro atoms. The molecule has 27 heavy (non-hydrogen) atoms. The highest BCUT2D eigenvalue weighted by atomic mass is 16.4. The number of ketones is 1. The Labute approximate surface area is 161 Å². The van der Waals surface area contributed by atoms with Gasteiger partial charge in [0.05, 0.1) is 6.04 Å². The summed E-state index contributed by atoms with van der Waals surface area (Å²) in [5.41, 5.74) is 0. The van der Waals surface area contributed by atoms with Crippen LogP contribution in [0, 0.1) is 11.8 Å². The lowest BCUT2D eigenvalue weighted by Crippen LogP contribution is -2.53. The third-order valence-electron chi connectivity index (χ3n) is 4.11. The van der Waals surface area contributed by atoms with E-state index in [-0.39, 0.29) is 36.5 Å². The molecular formula is C19H35N3O5. The van der Waals surface area contributed by atoms with Gasteiger partial charge in [0.25, 0.3) is 0 Å². The first-order valence-electron chi connectivity index (χ1n) is 9.49. The van der Waals surface area contributed by atoms with Gasteiger partial charge < -0.3 is 21.1 Å². The molecule has 0 aromatic carbocycles. The maximum Gasteiger partial charge on any atom is 0.320 e. The van der Waals surface area contributed by atoms with E-state index in [0.29, 0.717) is 0 Å². The molecule has 0 rings (SSSR count). The maximum atomic E-state index is 12.5. The van der Waals surface area contributed by atoms with E-state index in [0.717, 1.165) is 0 Å². The molecule has 0 saturated carbocycles. The number of Topliss-reactive ketones (excluding diaryl/α,β-unsaturated/α-hetero) is 1. The van der Waals surface area contributed by atoms with Gasteiger partial charge in [0.2, 0.25) is 11.8 Å². The van der Waals surface area contributed by atoms with Gasteiger partial charge >= 0.3 is 5.97 Å². The van der Waals surface area contributed by atoms with E-state index in [4.69, 9.17) is 0 Å². The molecule has 0 aliphatic rings. The lowest BCUT2D eigenvalue weighted by atomic mass is 10.00. The number of hydrogen-bond acceptors (Lipinski definition) is 5. The molecule has 0 heterocycles. The standard InChI is InChI=1S/C19H35N3O5/c1-10(2)16(18(25)21-13(7)17(24)11(3)4)22-15(23)9-8-14(19(26)27)20-12(5)6/h10-14,16,20H,8-9H2,1-7H3,(H,21,25)(H,22,23)(H,26,27)/t13-,14?,16-/m0/s1. The molecule has 0 aliphatic carbocycles. The van der Waals surface area contributed by atoms with Gasteiger partial charge in [0, 0.05) is 18.4 Å². The first-order valence-corrected chi connectivity index (χ1v) is 9.49. The Bertz CT molecular complexity index is 531. The third-order valence-corrected chi connectivity index (χ3v) is 4.11. The van der Waals surface area contributed by atoms with Crippen LogP contribution < -0.4 is 16.0 Å². The van der Waals surface area contributed by atoms with E-state index in [1.807, 2.05) is 13.8 Å². The number of carboxylic acids is 1. The molecule has 156 valence electrons. The highest BCUT2D eigenvalue weighted by Crippen LogP contribution is 2.07. The fourth-order valence-electron chi connectivity index (χ4n) is 2.61. The molecule has 0 aromatic rings. The van der Waals surface area contributed by atoms with Crippen LogP contribution in [0.3, 0.4) is 0 Å². The van der Waals surface area contributed by atoms with Crippen LogP contribution in [-0.2, 0) is 19.2 Å². The monoisotopic (exact) mass is 385 g/mol. The van der Waals surface area contributed by atoms with E-state index in [1.165, 1.54) is 0 Å². The van der Waals surface area contributed by atoms with Crippen molar-refractivity contribution in [3.05, 3.63) is 0 Å². The zero-order valence-corrected chi connectivity index (χ0v) is 17.5. The molecule has 0 aliphatic heterocycles. The first kappa shape index (κ1) is 25.0. The van der Waals surface area contributed by atoms with Gasteiger partial charge in [-0.25, -0.2) is 0 Å². The van der Waals surface area contributed by atoms with E-state index in [1.54, 1.807) is 34.6 Å². The quantitative estimate of drug-likeness (QED) is 0.399. The largest absolute Gasteiger partial charge is 0.480 e. The maximum absolute atomic E-state index is 12.5. The van der Waals surface area contributed by atoms with Crippen molar-refractivity contribution in [3.8, 4) is 0 Å². The van der Waals surface area contributed by atoms with Crippen molar-refractivity contribution in [2.45, 2.75) is 85.5 Å². The second-order valence-corrected chi connectivity index (χ2v) is 7.83. The average Bonchev–Trinajstić information content (AvgIpc) is 2.54. The van der Waals surface area contributed by atoms with Crippen molar-refractivity contribution in [3.63, 3.8) is 0 Å². The van der Waals surface area contributed by atoms with E-state index >= 15 is 0 Å². The van der Waals surface area contributed by atoms with Crippen LogP contribution in [0.2, 0.25) is 0 Å². The van der Waals surface area contributed by atoms with Crippen LogP contribution >= 0.6 is 0 Å². The number of rotatable bonds is 12. The molecular weight excluding hydrogens is 350 g/mol. The summed E-state index contributed by atoms with van der Waals surface area (Å²) in [6.45, 7) is 12.4. The third kappa shape index (κ3) is 9.51. The molecule has 4 N–H and O–H groups in total. The van der Waals surface area contributed by atoms with Gasteiger partial charge in [-0.3, -0.25) is 19.2 Å². The average molecular weight is 386 g/mol. The minimum absolute atomic E-state index is 0.0202. The van der Waals surface area contributed by atoms with E-state index < -0.39 is 35.9 Å². The van der Waals surface area contributed by atoms with Crippen LogP contribution in [0.1, 0.15) is 61.3 Å². The van der Waals surface area contributed by atoms with Crippen molar-refractivity contribution in [1.29, 1.82) is 0 Å². The Morgan fingerprint density at radius 3 is 1.85 bits per heavy atom. The van der Waals surface area contributed by atoms with E-state index in [2.05, 4.69) is 16.0 Å². The summed E-state index contributed by atoms with van der Waals surface area (Å²) < 4.78 is 0. The summed E-state index contributed by atoms with van der Waals surface area (Å²) in [4.78, 5) is 47.9. The normalized spacial score (nSPS) is 14.7. The fraction of sp³-hybridized carbons (Fsp3) is 0.789. The summed E-state index contributed by atoms with van der Waals surface area (Å²) >= 11 is 0. The summed E-state index contributed by atoms with van der Waals surface area (Å²) in [6, 6.07) is -2.28. The van der Waals surface area contributed by atoms with Gasteiger partial charge in [-0.1, -0.05) is 41.5 Å². The predicted octanol–water partition coefficient (Wildman–Crippen LogP) is 1.09. The fourth-order valence-corrected chi connectivity index (χ4v) is 2.61. The Balaban J connectivity index is 4.80. The molecule has 0 bridgehead atoms. The summed E-state index contributed by atoms with van der Waals surface area (Å²) in [6.07, 6.45) is 0.0989. The highest BCUT2D eigenvalue weighted by molar-refractivity contribution is 5.93. The van der Waals surface area contributed by atoms with Gasteiger partial charge in [-0.05, 0) is 19.3 Å². The second kappa shape index (κ2) is 11.7. The minimum atomic E-state index is -1.02. The summed E-state index contributed by atoms with van der Waals surface area (Å²) in [5.74, 6) is -2.30. The topological polar surface area (TPSA) is 125 Å². The molecule has 3 atom stereocenters. The first-order chi connectivity index (χ1) is 12.4. The Hall–Kier alpha value is -1.96. The van der Waals surface area contributed by atoms with Crippen molar-refractivity contribution in [1.82, 2.24) is 16.0 Å². The SMILES string of the molecule is CC(C)NC(CCC(=O)N[C@H](C(=O)N[C@@H](C)C(=O)C(C)C)C(C)C)C(=O)O. The van der Waals surface area contributed by atoms with Crippen molar-refractivity contribution >= 4 is 23.6 Å². The number of hydrogen-bond donors (Lipinski definition) is 4. The summed E-state index contributed by atoms with van der Waals surface area (Å²) in [5, 5.41) is 17.4. The number of aliphatic carboxylic acids is 1. The molecule has 8 heteroatoms. The molecule has 2 amide bonds. The lowest BCUT2D eigenvalue weighted by Gasteiger charge is -2.24. The van der Waals surface area contributed by atoms with Crippen LogP contribution in [-0.4, -0.2) is 52.8 Å². The minimum Gasteiger partial charge on any atom is -0.480 e. The highest BCUT2D eigenvalue weighted by Gasteiger charge is 2.28. The number of amides is 2. The molecule has 0 saturated heterocycles.